The molecular formula is C27H30F2N8O3S. The molecule has 0 bridgehead atoms. The standard InChI is InChI=1S/C27H30F2N8O3S/c28-24(29)26-31-20-3-1-2-4-22(20)37(26)27-32-21-6-5-18(30-23(21)25(33-27)36-7-11-40-12-8-36)15-34-16-19(17-34)35-9-13-41(38,39)14-10-35/h1-6,19,24H,7-17H2. The van der Waals surface area contributed by atoms with Gasteiger partial charge in [0.05, 0.1) is 47.0 Å². The van der Waals surface area contributed by atoms with Crippen LogP contribution in [0.4, 0.5) is 14.6 Å². The van der Waals surface area contributed by atoms with Crippen LogP contribution < -0.4 is 4.90 Å². The number of morpholine rings is 1. The molecule has 4 aromatic rings. The number of ether oxygens (including phenoxy) is 1. The molecule has 3 aliphatic rings. The van der Waals surface area contributed by atoms with Gasteiger partial charge >= 0.3 is 0 Å². The summed E-state index contributed by atoms with van der Waals surface area (Å²) in [6.45, 7) is 5.81. The molecule has 0 unspecified atom stereocenters. The van der Waals surface area contributed by atoms with Crippen molar-refractivity contribution in [2.75, 3.05) is 68.9 Å². The number of halogens is 2. The molecule has 0 aliphatic carbocycles. The number of aromatic nitrogens is 5. The molecule has 14 heteroatoms. The number of sulfone groups is 1. The van der Waals surface area contributed by atoms with Crippen LogP contribution in [0.25, 0.3) is 28.0 Å². The van der Waals surface area contributed by atoms with Gasteiger partial charge in [0.1, 0.15) is 5.52 Å². The monoisotopic (exact) mass is 584 g/mol. The van der Waals surface area contributed by atoms with Crippen molar-refractivity contribution >= 4 is 37.7 Å². The molecule has 3 aromatic heterocycles. The maximum Gasteiger partial charge on any atom is 0.296 e. The minimum Gasteiger partial charge on any atom is -0.378 e. The van der Waals surface area contributed by atoms with Gasteiger partial charge in [0.25, 0.3) is 6.43 Å². The van der Waals surface area contributed by atoms with Gasteiger partial charge in [-0.3, -0.25) is 14.4 Å². The number of rotatable bonds is 6. The number of hydrogen-bond donors (Lipinski definition) is 0. The van der Waals surface area contributed by atoms with Gasteiger partial charge in [-0.25, -0.2) is 32.2 Å². The summed E-state index contributed by atoms with van der Waals surface area (Å²) in [5.74, 6) is 0.781. The Hall–Kier alpha value is -3.33. The zero-order valence-electron chi connectivity index (χ0n) is 22.4. The Morgan fingerprint density at radius 3 is 2.41 bits per heavy atom. The summed E-state index contributed by atoms with van der Waals surface area (Å²) in [5, 5.41) is 0. The van der Waals surface area contributed by atoms with E-state index in [-0.39, 0.29) is 17.5 Å². The largest absolute Gasteiger partial charge is 0.378 e. The quantitative estimate of drug-likeness (QED) is 0.334. The van der Waals surface area contributed by atoms with Crippen molar-refractivity contribution in [1.29, 1.82) is 0 Å². The van der Waals surface area contributed by atoms with Crippen LogP contribution >= 0.6 is 0 Å². The molecule has 3 aliphatic heterocycles. The predicted octanol–water partition coefficient (Wildman–Crippen LogP) is 2.05. The van der Waals surface area contributed by atoms with Crippen LogP contribution in [0.5, 0.6) is 0 Å². The third-order valence-electron chi connectivity index (χ3n) is 8.08. The summed E-state index contributed by atoms with van der Waals surface area (Å²) >= 11 is 0. The van der Waals surface area contributed by atoms with Gasteiger partial charge in [0.2, 0.25) is 5.95 Å². The van der Waals surface area contributed by atoms with Crippen LogP contribution in [0.1, 0.15) is 17.9 Å². The summed E-state index contributed by atoms with van der Waals surface area (Å²) in [6, 6.07) is 11.1. The Kier molecular flexibility index (Phi) is 6.80. The second-order valence-electron chi connectivity index (χ2n) is 10.7. The molecule has 0 saturated carbocycles. The predicted molar refractivity (Wildman–Crippen MR) is 149 cm³/mol. The minimum absolute atomic E-state index is 0.131. The van der Waals surface area contributed by atoms with Crippen molar-refractivity contribution in [2.24, 2.45) is 0 Å². The number of alkyl halides is 2. The first-order valence-electron chi connectivity index (χ1n) is 13.8. The van der Waals surface area contributed by atoms with E-state index < -0.39 is 22.1 Å². The topological polar surface area (TPSA) is 110 Å². The van der Waals surface area contributed by atoms with E-state index in [0.29, 0.717) is 79.9 Å². The number of pyridine rings is 1. The average molecular weight is 585 g/mol. The molecule has 0 atom stereocenters. The summed E-state index contributed by atoms with van der Waals surface area (Å²) < 4.78 is 58.6. The third kappa shape index (κ3) is 5.13. The highest BCUT2D eigenvalue weighted by Crippen LogP contribution is 2.30. The van der Waals surface area contributed by atoms with Crippen LogP contribution in [0.2, 0.25) is 0 Å². The number of fused-ring (bicyclic) bond motifs is 2. The van der Waals surface area contributed by atoms with Crippen molar-refractivity contribution < 1.29 is 21.9 Å². The summed E-state index contributed by atoms with van der Waals surface area (Å²) in [5.41, 5.74) is 3.01. The molecule has 216 valence electrons. The molecule has 7 rings (SSSR count). The summed E-state index contributed by atoms with van der Waals surface area (Å²) in [4.78, 5) is 25.3. The van der Waals surface area contributed by atoms with Gasteiger partial charge in [-0.15, -0.1) is 0 Å². The first-order chi connectivity index (χ1) is 19.8. The number of imidazole rings is 1. The van der Waals surface area contributed by atoms with Gasteiger partial charge in [-0.2, -0.15) is 4.98 Å². The molecule has 0 radical (unpaired) electrons. The molecule has 6 heterocycles. The Morgan fingerprint density at radius 2 is 1.66 bits per heavy atom. The summed E-state index contributed by atoms with van der Waals surface area (Å²) in [7, 11) is -2.90. The highest BCUT2D eigenvalue weighted by atomic mass is 32.2. The molecular weight excluding hydrogens is 554 g/mol. The van der Waals surface area contributed by atoms with Crippen molar-refractivity contribution in [3.8, 4) is 5.95 Å². The van der Waals surface area contributed by atoms with Crippen molar-refractivity contribution in [3.63, 3.8) is 0 Å². The van der Waals surface area contributed by atoms with E-state index in [0.717, 1.165) is 18.8 Å². The molecule has 0 spiro atoms. The highest BCUT2D eigenvalue weighted by Gasteiger charge is 2.35. The van der Waals surface area contributed by atoms with E-state index in [1.165, 1.54) is 4.57 Å². The first-order valence-corrected chi connectivity index (χ1v) is 15.6. The van der Waals surface area contributed by atoms with Crippen LogP contribution in [0, 0.1) is 0 Å². The number of benzene rings is 1. The van der Waals surface area contributed by atoms with Crippen LogP contribution in [0.3, 0.4) is 0 Å². The number of hydrogen-bond acceptors (Lipinski definition) is 10. The Bertz CT molecular complexity index is 1690. The normalized spacial score (nSPS) is 20.7. The second-order valence-corrected chi connectivity index (χ2v) is 13.1. The summed E-state index contributed by atoms with van der Waals surface area (Å²) in [6.07, 6.45) is -2.80. The van der Waals surface area contributed by atoms with Crippen LogP contribution in [0.15, 0.2) is 36.4 Å². The second kappa shape index (κ2) is 10.5. The molecule has 0 amide bonds. The fourth-order valence-corrected chi connectivity index (χ4v) is 7.07. The van der Waals surface area contributed by atoms with Crippen molar-refractivity contribution in [1.82, 2.24) is 34.3 Å². The van der Waals surface area contributed by atoms with E-state index in [4.69, 9.17) is 19.7 Å². The van der Waals surface area contributed by atoms with Gasteiger partial charge in [0.15, 0.2) is 21.5 Å². The van der Waals surface area contributed by atoms with E-state index in [1.54, 1.807) is 24.3 Å². The number of nitrogens with zero attached hydrogens (tertiary/aromatic N) is 8. The molecule has 0 N–H and O–H groups in total. The average Bonchev–Trinajstić information content (AvgIpc) is 3.35. The zero-order chi connectivity index (χ0) is 28.1. The van der Waals surface area contributed by atoms with E-state index >= 15 is 0 Å². The smallest absolute Gasteiger partial charge is 0.296 e. The highest BCUT2D eigenvalue weighted by molar-refractivity contribution is 7.91. The van der Waals surface area contributed by atoms with Gasteiger partial charge in [0, 0.05) is 51.9 Å². The Balaban J connectivity index is 1.20. The van der Waals surface area contributed by atoms with Crippen LogP contribution in [-0.2, 0) is 21.1 Å². The lowest BCUT2D eigenvalue weighted by atomic mass is 10.1. The lowest BCUT2D eigenvalue weighted by Crippen LogP contribution is -2.61. The fraction of sp³-hybridized carbons (Fsp3) is 0.481. The lowest BCUT2D eigenvalue weighted by molar-refractivity contribution is 0.0327. The number of anilines is 1. The minimum atomic E-state index is -2.90. The number of para-hydroxylation sites is 2. The van der Waals surface area contributed by atoms with Crippen molar-refractivity contribution in [2.45, 2.75) is 19.0 Å². The maximum absolute atomic E-state index is 14.1. The fourth-order valence-electron chi connectivity index (χ4n) is 5.84. The van der Waals surface area contributed by atoms with E-state index in [9.17, 15) is 17.2 Å². The molecule has 41 heavy (non-hydrogen) atoms. The Labute approximate surface area is 235 Å². The molecule has 3 fully saturated rings. The third-order valence-corrected chi connectivity index (χ3v) is 9.69. The van der Waals surface area contributed by atoms with Gasteiger partial charge in [-0.1, -0.05) is 12.1 Å². The zero-order valence-corrected chi connectivity index (χ0v) is 23.2. The number of likely N-dealkylation sites (tertiary alicyclic amines) is 1. The SMILES string of the molecule is O=S1(=O)CCN(C2CN(Cc3ccc4nc(-n5c(C(F)F)nc6ccccc65)nc(N5CCOCC5)c4n3)C2)CC1. The van der Waals surface area contributed by atoms with E-state index in [2.05, 4.69) is 19.7 Å². The Morgan fingerprint density at radius 1 is 0.902 bits per heavy atom. The van der Waals surface area contributed by atoms with E-state index in [1.807, 2.05) is 12.1 Å². The first kappa shape index (κ1) is 26.6. The lowest BCUT2D eigenvalue weighted by Gasteiger charge is -2.46. The van der Waals surface area contributed by atoms with Crippen LogP contribution in [-0.4, -0.2) is 113 Å². The van der Waals surface area contributed by atoms with Gasteiger partial charge < -0.3 is 9.64 Å². The molecule has 1 aromatic carbocycles. The molecule has 3 saturated heterocycles. The maximum atomic E-state index is 14.1. The molecule has 11 nitrogen and oxygen atoms in total. The van der Waals surface area contributed by atoms with Crippen molar-refractivity contribution in [3.05, 3.63) is 47.9 Å². The van der Waals surface area contributed by atoms with Gasteiger partial charge in [-0.05, 0) is 24.3 Å².